The number of nitrogens with zero attached hydrogens (tertiary/aromatic N) is 2. The molecule has 2 aromatic rings. The molecule has 0 aliphatic heterocycles. The van der Waals surface area contributed by atoms with E-state index in [-0.39, 0.29) is 5.41 Å². The first kappa shape index (κ1) is 8.83. The lowest BCUT2D eigenvalue weighted by molar-refractivity contribution is 0.662. The number of hydrogen-bond donors (Lipinski definition) is 0. The highest BCUT2D eigenvalue weighted by Gasteiger charge is 2.21. The zero-order chi connectivity index (χ0) is 10.2. The second-order valence-corrected chi connectivity index (χ2v) is 3.84. The summed E-state index contributed by atoms with van der Waals surface area (Å²) in [4.78, 5) is 4.30. The maximum Gasteiger partial charge on any atom is 0.136 e. The summed E-state index contributed by atoms with van der Waals surface area (Å²) in [7, 11) is 0. The van der Waals surface area contributed by atoms with Gasteiger partial charge in [-0.1, -0.05) is 12.0 Å². The Kier molecular flexibility index (Phi) is 1.82. The van der Waals surface area contributed by atoms with E-state index in [2.05, 4.69) is 10.9 Å². The van der Waals surface area contributed by atoms with Crippen molar-refractivity contribution < 1.29 is 0 Å². The molecular weight excluding hydrogens is 172 g/mol. The van der Waals surface area contributed by atoms with Gasteiger partial charge >= 0.3 is 0 Å². The summed E-state index contributed by atoms with van der Waals surface area (Å²) in [6.07, 6.45) is 9.32. The van der Waals surface area contributed by atoms with Crippen molar-refractivity contribution in [3.63, 3.8) is 0 Å². The van der Waals surface area contributed by atoms with Gasteiger partial charge in [0.15, 0.2) is 0 Å². The molecule has 0 unspecified atom stereocenters. The number of hydrogen-bond acceptors (Lipinski definition) is 1. The molecule has 0 fully saturated rings. The van der Waals surface area contributed by atoms with Crippen molar-refractivity contribution in [3.05, 3.63) is 36.3 Å². The highest BCUT2D eigenvalue weighted by Crippen LogP contribution is 2.22. The van der Waals surface area contributed by atoms with Gasteiger partial charge in [-0.25, -0.2) is 4.98 Å². The van der Waals surface area contributed by atoms with Crippen molar-refractivity contribution in [2.45, 2.75) is 19.3 Å². The first-order valence-corrected chi connectivity index (χ1v) is 4.55. The van der Waals surface area contributed by atoms with Crippen molar-refractivity contribution in [2.24, 2.45) is 0 Å². The van der Waals surface area contributed by atoms with E-state index < -0.39 is 0 Å². The van der Waals surface area contributed by atoms with Crippen molar-refractivity contribution in [2.75, 3.05) is 0 Å². The molecule has 0 bridgehead atoms. The fourth-order valence-electron chi connectivity index (χ4n) is 1.47. The number of imidazole rings is 1. The van der Waals surface area contributed by atoms with Crippen LogP contribution in [0, 0.1) is 12.3 Å². The number of pyridine rings is 1. The maximum atomic E-state index is 5.50. The lowest BCUT2D eigenvalue weighted by Crippen LogP contribution is -2.16. The highest BCUT2D eigenvalue weighted by atomic mass is 15.0. The van der Waals surface area contributed by atoms with Gasteiger partial charge in [0.05, 0.1) is 17.3 Å². The first-order valence-electron chi connectivity index (χ1n) is 4.55. The Balaban J connectivity index is 2.72. The third-order valence-electron chi connectivity index (χ3n) is 2.42. The normalized spacial score (nSPS) is 11.5. The smallest absolute Gasteiger partial charge is 0.136 e. The van der Waals surface area contributed by atoms with Crippen LogP contribution in [-0.2, 0) is 5.41 Å². The Labute approximate surface area is 83.6 Å². The summed E-state index contributed by atoms with van der Waals surface area (Å²) in [6.45, 7) is 4.03. The predicted molar refractivity (Wildman–Crippen MR) is 57.1 cm³/mol. The van der Waals surface area contributed by atoms with E-state index in [1.165, 1.54) is 0 Å². The summed E-state index contributed by atoms with van der Waals surface area (Å²) in [6, 6.07) is 5.91. The minimum atomic E-state index is -0.277. The molecule has 0 aliphatic carbocycles. The van der Waals surface area contributed by atoms with Crippen molar-refractivity contribution in [3.8, 4) is 12.3 Å². The largest absolute Gasteiger partial charge is 0.303 e. The van der Waals surface area contributed by atoms with Crippen LogP contribution in [-0.4, -0.2) is 9.38 Å². The van der Waals surface area contributed by atoms with Crippen LogP contribution in [0.25, 0.3) is 5.65 Å². The van der Waals surface area contributed by atoms with Crippen molar-refractivity contribution >= 4 is 5.65 Å². The average molecular weight is 184 g/mol. The summed E-state index contributed by atoms with van der Waals surface area (Å²) in [5, 5.41) is 0. The summed E-state index contributed by atoms with van der Waals surface area (Å²) < 4.78 is 2.03. The quantitative estimate of drug-likeness (QED) is 0.621. The van der Waals surface area contributed by atoms with E-state index in [4.69, 9.17) is 6.42 Å². The SMILES string of the molecule is C#CC(C)(C)c1cnc2ccccn12. The third kappa shape index (κ3) is 1.18. The average Bonchev–Trinajstić information content (AvgIpc) is 2.61. The van der Waals surface area contributed by atoms with Gasteiger partial charge in [-0.15, -0.1) is 6.42 Å². The van der Waals surface area contributed by atoms with Gasteiger partial charge in [-0.2, -0.15) is 0 Å². The maximum absolute atomic E-state index is 5.50. The molecule has 2 heterocycles. The molecule has 0 N–H and O–H groups in total. The van der Waals surface area contributed by atoms with Crippen molar-refractivity contribution in [1.29, 1.82) is 0 Å². The molecule has 2 aromatic heterocycles. The van der Waals surface area contributed by atoms with E-state index in [0.29, 0.717) is 0 Å². The number of terminal acetylenes is 1. The predicted octanol–water partition coefficient (Wildman–Crippen LogP) is 2.25. The molecule has 0 saturated carbocycles. The fourth-order valence-corrected chi connectivity index (χ4v) is 1.47. The molecule has 0 aromatic carbocycles. The Morgan fingerprint density at radius 3 is 2.93 bits per heavy atom. The third-order valence-corrected chi connectivity index (χ3v) is 2.42. The molecule has 0 aliphatic rings. The van der Waals surface area contributed by atoms with Gasteiger partial charge in [0.1, 0.15) is 5.65 Å². The second kappa shape index (κ2) is 2.88. The molecule has 2 nitrogen and oxygen atoms in total. The van der Waals surface area contributed by atoms with E-state index >= 15 is 0 Å². The monoisotopic (exact) mass is 184 g/mol. The highest BCUT2D eigenvalue weighted by molar-refractivity contribution is 5.43. The standard InChI is InChI=1S/C12H12N2/c1-4-12(2,3)10-9-13-11-7-5-6-8-14(10)11/h1,5-9H,2-3H3. The topological polar surface area (TPSA) is 17.3 Å². The fraction of sp³-hybridized carbons (Fsp3) is 0.250. The van der Waals surface area contributed by atoms with Crippen LogP contribution in [0.3, 0.4) is 0 Å². The lowest BCUT2D eigenvalue weighted by atomic mass is 9.91. The lowest BCUT2D eigenvalue weighted by Gasteiger charge is -2.16. The van der Waals surface area contributed by atoms with Crippen LogP contribution >= 0.6 is 0 Å². The molecule has 0 radical (unpaired) electrons. The number of rotatable bonds is 1. The van der Waals surface area contributed by atoms with E-state index in [0.717, 1.165) is 11.3 Å². The minimum absolute atomic E-state index is 0.277. The van der Waals surface area contributed by atoms with Crippen LogP contribution in [0.1, 0.15) is 19.5 Å². The zero-order valence-electron chi connectivity index (χ0n) is 8.36. The van der Waals surface area contributed by atoms with E-state index in [1.807, 2.05) is 48.8 Å². The van der Waals surface area contributed by atoms with E-state index in [9.17, 15) is 0 Å². The molecule has 0 spiro atoms. The van der Waals surface area contributed by atoms with Crippen LogP contribution in [0.2, 0.25) is 0 Å². The summed E-state index contributed by atoms with van der Waals surface area (Å²) in [5.41, 5.74) is 1.71. The van der Waals surface area contributed by atoms with Gasteiger partial charge < -0.3 is 4.40 Å². The molecule has 2 rings (SSSR count). The number of fused-ring (bicyclic) bond motifs is 1. The van der Waals surface area contributed by atoms with Gasteiger partial charge in [-0.3, -0.25) is 0 Å². The molecule has 70 valence electrons. The Hall–Kier alpha value is -1.75. The van der Waals surface area contributed by atoms with Crippen LogP contribution in [0.5, 0.6) is 0 Å². The zero-order valence-corrected chi connectivity index (χ0v) is 8.36. The van der Waals surface area contributed by atoms with Gasteiger partial charge in [0.2, 0.25) is 0 Å². The summed E-state index contributed by atoms with van der Waals surface area (Å²) in [5.74, 6) is 2.78. The Bertz CT molecular complexity index is 500. The molecule has 0 saturated heterocycles. The molecule has 14 heavy (non-hydrogen) atoms. The molecule has 2 heteroatoms. The first-order chi connectivity index (χ1) is 6.65. The number of aromatic nitrogens is 2. The van der Waals surface area contributed by atoms with Gasteiger partial charge in [0, 0.05) is 6.20 Å². The van der Waals surface area contributed by atoms with Crippen LogP contribution in [0.15, 0.2) is 30.6 Å². The second-order valence-electron chi connectivity index (χ2n) is 3.84. The molecular formula is C12H12N2. The summed E-state index contributed by atoms with van der Waals surface area (Å²) >= 11 is 0. The van der Waals surface area contributed by atoms with Crippen LogP contribution < -0.4 is 0 Å². The van der Waals surface area contributed by atoms with Crippen molar-refractivity contribution in [1.82, 2.24) is 9.38 Å². The minimum Gasteiger partial charge on any atom is -0.303 e. The van der Waals surface area contributed by atoms with E-state index in [1.54, 1.807) is 0 Å². The Morgan fingerprint density at radius 2 is 2.21 bits per heavy atom. The van der Waals surface area contributed by atoms with Gasteiger partial charge in [0.25, 0.3) is 0 Å². The molecule has 0 atom stereocenters. The van der Waals surface area contributed by atoms with Gasteiger partial charge in [-0.05, 0) is 26.0 Å². The van der Waals surface area contributed by atoms with Crippen LogP contribution in [0.4, 0.5) is 0 Å². The molecule has 0 amide bonds. The Morgan fingerprint density at radius 1 is 1.43 bits per heavy atom.